The van der Waals surface area contributed by atoms with Crippen LogP contribution in [0.3, 0.4) is 0 Å². The Morgan fingerprint density at radius 3 is 2.71 bits per heavy atom. The lowest BCUT2D eigenvalue weighted by atomic mass is 9.75. The molecule has 4 rings (SSSR count). The molecule has 2 aliphatic rings. The van der Waals surface area contributed by atoms with E-state index in [0.29, 0.717) is 30.5 Å². The van der Waals surface area contributed by atoms with Crippen LogP contribution >= 0.6 is 11.6 Å². The Kier molecular flexibility index (Phi) is 5.25. The van der Waals surface area contributed by atoms with Crippen molar-refractivity contribution in [1.29, 1.82) is 5.26 Å². The first-order chi connectivity index (χ1) is 14.8. The lowest BCUT2D eigenvalue weighted by molar-refractivity contribution is -0.384. The highest BCUT2D eigenvalue weighted by molar-refractivity contribution is 6.31. The SMILES string of the molecule is Cc1cccc([C@H]2C(C#N)=C(N)N(c3ccc(Cl)cc3[N+](=O)[O-])C3=C2C(=O)CCC3)c1. The van der Waals surface area contributed by atoms with Crippen LogP contribution in [0.25, 0.3) is 0 Å². The Hall–Kier alpha value is -3.63. The lowest BCUT2D eigenvalue weighted by Gasteiger charge is -2.39. The van der Waals surface area contributed by atoms with E-state index in [0.717, 1.165) is 11.1 Å². The summed E-state index contributed by atoms with van der Waals surface area (Å²) in [5, 5.41) is 22.0. The van der Waals surface area contributed by atoms with Crippen LogP contribution in [-0.2, 0) is 4.79 Å². The molecule has 156 valence electrons. The van der Waals surface area contributed by atoms with Gasteiger partial charge in [0.1, 0.15) is 11.5 Å². The summed E-state index contributed by atoms with van der Waals surface area (Å²) < 4.78 is 0. The topological polar surface area (TPSA) is 113 Å². The molecule has 8 heteroatoms. The van der Waals surface area contributed by atoms with E-state index in [1.165, 1.54) is 23.1 Å². The van der Waals surface area contributed by atoms with Gasteiger partial charge in [-0.1, -0.05) is 41.4 Å². The molecular weight excluding hydrogens is 416 g/mol. The molecule has 31 heavy (non-hydrogen) atoms. The standard InChI is InChI=1S/C23H19ClN4O3/c1-13-4-2-5-14(10-13)21-16(12-25)23(26)27(18-6-3-7-20(29)22(18)21)17-9-8-15(24)11-19(17)28(30)31/h2,4-5,8-11,21H,3,6-7,26H2,1H3/t21-/m0/s1. The molecule has 2 N–H and O–H groups in total. The molecule has 2 aromatic carbocycles. The average Bonchev–Trinajstić information content (AvgIpc) is 2.73. The highest BCUT2D eigenvalue weighted by Gasteiger charge is 2.41. The van der Waals surface area contributed by atoms with Crippen molar-refractivity contribution >= 4 is 28.8 Å². The molecule has 0 saturated carbocycles. The molecule has 0 saturated heterocycles. The number of carbonyl (C=O) groups excluding carboxylic acids is 1. The van der Waals surface area contributed by atoms with Gasteiger partial charge < -0.3 is 5.73 Å². The number of nitro groups is 1. The van der Waals surface area contributed by atoms with E-state index in [9.17, 15) is 20.2 Å². The summed E-state index contributed by atoms with van der Waals surface area (Å²) in [5.74, 6) is -0.585. The molecule has 7 nitrogen and oxygen atoms in total. The lowest BCUT2D eigenvalue weighted by Crippen LogP contribution is -2.39. The number of aryl methyl sites for hydroxylation is 1. The summed E-state index contributed by atoms with van der Waals surface area (Å²) >= 11 is 5.99. The van der Waals surface area contributed by atoms with Crippen molar-refractivity contribution in [1.82, 2.24) is 0 Å². The van der Waals surface area contributed by atoms with Crippen LogP contribution in [0.5, 0.6) is 0 Å². The maximum absolute atomic E-state index is 13.1. The Morgan fingerprint density at radius 2 is 2.03 bits per heavy atom. The maximum Gasteiger partial charge on any atom is 0.294 e. The molecule has 1 aliphatic heterocycles. The Labute approximate surface area is 184 Å². The fourth-order valence-electron chi connectivity index (χ4n) is 4.38. The van der Waals surface area contributed by atoms with Crippen LogP contribution in [0.4, 0.5) is 11.4 Å². The number of ketones is 1. The van der Waals surface area contributed by atoms with Gasteiger partial charge in [0.25, 0.3) is 5.69 Å². The predicted molar refractivity (Wildman–Crippen MR) is 117 cm³/mol. The first-order valence-corrected chi connectivity index (χ1v) is 10.2. The summed E-state index contributed by atoms with van der Waals surface area (Å²) in [4.78, 5) is 25.8. The summed E-state index contributed by atoms with van der Waals surface area (Å²) in [7, 11) is 0. The first-order valence-electron chi connectivity index (χ1n) is 9.80. The van der Waals surface area contributed by atoms with E-state index in [1.807, 2.05) is 31.2 Å². The third-order valence-corrected chi connectivity index (χ3v) is 5.90. The van der Waals surface area contributed by atoms with E-state index in [2.05, 4.69) is 6.07 Å². The number of benzene rings is 2. The van der Waals surface area contributed by atoms with Gasteiger partial charge in [-0.3, -0.25) is 19.8 Å². The quantitative estimate of drug-likeness (QED) is 0.545. The largest absolute Gasteiger partial charge is 0.384 e. The minimum absolute atomic E-state index is 0.0744. The number of nitriles is 1. The molecule has 1 aliphatic carbocycles. The van der Waals surface area contributed by atoms with Crippen LogP contribution in [-0.4, -0.2) is 10.7 Å². The van der Waals surface area contributed by atoms with Crippen LogP contribution in [0.1, 0.15) is 36.3 Å². The maximum atomic E-state index is 13.1. The van der Waals surface area contributed by atoms with Gasteiger partial charge in [-0.15, -0.1) is 0 Å². The van der Waals surface area contributed by atoms with Crippen molar-refractivity contribution < 1.29 is 9.72 Å². The zero-order valence-corrected chi connectivity index (χ0v) is 17.5. The number of nitrogens with two attached hydrogens (primary N) is 1. The van der Waals surface area contributed by atoms with Crippen LogP contribution in [0.2, 0.25) is 5.02 Å². The molecule has 0 fully saturated rings. The Morgan fingerprint density at radius 1 is 1.26 bits per heavy atom. The van der Waals surface area contributed by atoms with Gasteiger partial charge in [0, 0.05) is 28.8 Å². The normalized spacial score (nSPS) is 18.7. The number of carbonyl (C=O) groups is 1. The summed E-state index contributed by atoms with van der Waals surface area (Å²) in [6, 6.07) is 14.1. The zero-order chi connectivity index (χ0) is 22.3. The third-order valence-electron chi connectivity index (χ3n) is 5.66. The van der Waals surface area contributed by atoms with Gasteiger partial charge in [-0.05, 0) is 37.5 Å². The molecule has 2 aromatic rings. The second-order valence-corrected chi connectivity index (χ2v) is 8.06. The molecule has 0 bridgehead atoms. The van der Waals surface area contributed by atoms with Gasteiger partial charge in [0.15, 0.2) is 5.78 Å². The summed E-state index contributed by atoms with van der Waals surface area (Å²) in [5.41, 5.74) is 9.49. The fourth-order valence-corrected chi connectivity index (χ4v) is 4.54. The number of hydrogen-bond donors (Lipinski definition) is 1. The van der Waals surface area contributed by atoms with E-state index >= 15 is 0 Å². The van der Waals surface area contributed by atoms with E-state index in [1.54, 1.807) is 0 Å². The highest BCUT2D eigenvalue weighted by Crippen LogP contribution is 2.48. The number of anilines is 1. The van der Waals surface area contributed by atoms with Crippen molar-refractivity contribution in [3.05, 3.63) is 91.4 Å². The summed E-state index contributed by atoms with van der Waals surface area (Å²) in [6.45, 7) is 1.94. The van der Waals surface area contributed by atoms with Crippen LogP contribution in [0.15, 0.2) is 65.1 Å². The van der Waals surface area contributed by atoms with Crippen LogP contribution in [0, 0.1) is 28.4 Å². The molecule has 0 amide bonds. The molecule has 0 aromatic heterocycles. The zero-order valence-electron chi connectivity index (χ0n) is 16.8. The minimum atomic E-state index is -0.602. The van der Waals surface area contributed by atoms with Crippen molar-refractivity contribution in [2.45, 2.75) is 32.1 Å². The number of hydrogen-bond acceptors (Lipinski definition) is 6. The number of halogens is 1. The van der Waals surface area contributed by atoms with E-state index < -0.39 is 10.8 Å². The van der Waals surface area contributed by atoms with E-state index in [-0.39, 0.29) is 33.6 Å². The molecule has 0 spiro atoms. The van der Waals surface area contributed by atoms with Gasteiger partial charge >= 0.3 is 0 Å². The number of nitro benzene ring substituents is 1. The smallest absolute Gasteiger partial charge is 0.294 e. The monoisotopic (exact) mass is 434 g/mol. The van der Waals surface area contributed by atoms with Gasteiger partial charge in [0.05, 0.1) is 22.5 Å². The molecule has 0 unspecified atom stereocenters. The van der Waals surface area contributed by atoms with Gasteiger partial charge in [-0.2, -0.15) is 5.26 Å². The number of rotatable bonds is 3. The average molecular weight is 435 g/mol. The Balaban J connectivity index is 2.02. The van der Waals surface area contributed by atoms with Crippen molar-refractivity contribution in [3.8, 4) is 6.07 Å². The minimum Gasteiger partial charge on any atom is -0.384 e. The number of allylic oxidation sites excluding steroid dienone is 3. The molecule has 1 heterocycles. The molecule has 1 atom stereocenters. The first kappa shape index (κ1) is 20.6. The number of Topliss-reactive ketones (excluding diaryl/α,β-unsaturated/α-hetero) is 1. The van der Waals surface area contributed by atoms with Gasteiger partial charge in [-0.25, -0.2) is 0 Å². The second kappa shape index (κ2) is 7.89. The molecular formula is C23H19ClN4O3. The third kappa shape index (κ3) is 3.45. The Bertz CT molecular complexity index is 1230. The van der Waals surface area contributed by atoms with Gasteiger partial charge in [0.2, 0.25) is 0 Å². The highest BCUT2D eigenvalue weighted by atomic mass is 35.5. The molecule has 0 radical (unpaired) electrons. The van der Waals surface area contributed by atoms with Crippen LogP contribution < -0.4 is 10.6 Å². The summed E-state index contributed by atoms with van der Waals surface area (Å²) in [6.07, 6.45) is 1.48. The van der Waals surface area contributed by atoms with E-state index in [4.69, 9.17) is 17.3 Å². The van der Waals surface area contributed by atoms with Crippen molar-refractivity contribution in [3.63, 3.8) is 0 Å². The number of nitrogens with zero attached hydrogens (tertiary/aromatic N) is 3. The second-order valence-electron chi connectivity index (χ2n) is 7.62. The van der Waals surface area contributed by atoms with Crippen molar-refractivity contribution in [2.75, 3.05) is 4.90 Å². The predicted octanol–water partition coefficient (Wildman–Crippen LogP) is 4.86. The van der Waals surface area contributed by atoms with Crippen molar-refractivity contribution in [2.24, 2.45) is 5.73 Å². The fraction of sp³-hybridized carbons (Fsp3) is 0.217.